The first-order valence-electron chi connectivity index (χ1n) is 11.1. The van der Waals surface area contributed by atoms with Gasteiger partial charge in [-0.3, -0.25) is 24.7 Å². The van der Waals surface area contributed by atoms with Crippen molar-refractivity contribution in [3.8, 4) is 0 Å². The predicted octanol–water partition coefficient (Wildman–Crippen LogP) is 5.02. The van der Waals surface area contributed by atoms with Gasteiger partial charge in [-0.25, -0.2) is 4.98 Å². The smallest absolute Gasteiger partial charge is 0.270 e. The average Bonchev–Trinajstić information content (AvgIpc) is 3.43. The van der Waals surface area contributed by atoms with E-state index in [9.17, 15) is 14.9 Å². The lowest BCUT2D eigenvalue weighted by atomic mass is 10.1. The van der Waals surface area contributed by atoms with Crippen LogP contribution in [0.1, 0.15) is 20.8 Å². The zero-order chi connectivity index (χ0) is 23.8. The molecule has 2 aromatic heterocycles. The number of anilines is 1. The Labute approximate surface area is 204 Å². The van der Waals surface area contributed by atoms with Gasteiger partial charge in [0.15, 0.2) is 5.13 Å². The van der Waals surface area contributed by atoms with Gasteiger partial charge >= 0.3 is 0 Å². The summed E-state index contributed by atoms with van der Waals surface area (Å²) in [5.74, 6) is -0.134. The summed E-state index contributed by atoms with van der Waals surface area (Å²) in [6.07, 6.45) is 0. The molecule has 1 amide bonds. The molecule has 10 heteroatoms. The Morgan fingerprint density at radius 1 is 1.15 bits per heavy atom. The maximum atomic E-state index is 13.8. The average molecular weight is 497 g/mol. The number of thiazole rings is 1. The van der Waals surface area contributed by atoms with E-state index in [1.807, 2.05) is 6.92 Å². The number of nitro groups is 1. The van der Waals surface area contributed by atoms with Gasteiger partial charge in [0.2, 0.25) is 0 Å². The van der Waals surface area contributed by atoms with E-state index < -0.39 is 4.92 Å². The first-order valence-corrected chi connectivity index (χ1v) is 12.7. The normalized spacial score (nSPS) is 14.6. The molecule has 8 nitrogen and oxygen atoms in total. The molecule has 0 atom stereocenters. The number of nitrogens with zero attached hydrogens (tertiary/aromatic N) is 4. The molecule has 0 N–H and O–H groups in total. The van der Waals surface area contributed by atoms with E-state index in [1.165, 1.54) is 34.8 Å². The number of thiophene rings is 1. The van der Waals surface area contributed by atoms with Crippen molar-refractivity contribution in [2.45, 2.75) is 13.8 Å². The van der Waals surface area contributed by atoms with E-state index in [2.05, 4.69) is 24.0 Å². The van der Waals surface area contributed by atoms with Gasteiger partial charge in [-0.15, -0.1) is 11.3 Å². The molecular formula is C24H24N4O4S2. The Hall–Kier alpha value is -2.92. The molecule has 34 heavy (non-hydrogen) atoms. The van der Waals surface area contributed by atoms with Crippen LogP contribution < -0.4 is 4.90 Å². The van der Waals surface area contributed by atoms with Gasteiger partial charge in [-0.05, 0) is 43.2 Å². The highest BCUT2D eigenvalue weighted by molar-refractivity contribution is 7.23. The Morgan fingerprint density at radius 2 is 1.94 bits per heavy atom. The number of aryl methyl sites for hydroxylation is 2. The van der Waals surface area contributed by atoms with Crippen molar-refractivity contribution >= 4 is 59.7 Å². The topological polar surface area (TPSA) is 88.8 Å². The van der Waals surface area contributed by atoms with Crippen LogP contribution in [-0.2, 0) is 4.74 Å². The number of benzene rings is 2. The molecule has 0 radical (unpaired) electrons. The second-order valence-corrected chi connectivity index (χ2v) is 10.5. The SMILES string of the molecule is Cc1cc(C)c2nc(N(CCN3CCOCC3)C(=O)c3cc4cc([N+](=O)[O-])ccc4s3)sc2c1. The van der Waals surface area contributed by atoms with Crippen molar-refractivity contribution in [2.75, 3.05) is 44.3 Å². The summed E-state index contributed by atoms with van der Waals surface area (Å²) in [4.78, 5) is 34.0. The van der Waals surface area contributed by atoms with E-state index in [0.29, 0.717) is 35.2 Å². The maximum absolute atomic E-state index is 13.8. The van der Waals surface area contributed by atoms with Gasteiger partial charge in [0, 0.05) is 48.4 Å². The van der Waals surface area contributed by atoms with Gasteiger partial charge in [-0.1, -0.05) is 17.4 Å². The van der Waals surface area contributed by atoms with Crippen molar-refractivity contribution in [2.24, 2.45) is 0 Å². The second kappa shape index (κ2) is 9.38. The van der Waals surface area contributed by atoms with Crippen molar-refractivity contribution in [3.05, 3.63) is 62.5 Å². The highest BCUT2D eigenvalue weighted by Gasteiger charge is 2.25. The number of carbonyl (C=O) groups excluding carboxylic acids is 1. The van der Waals surface area contributed by atoms with Crippen LogP contribution in [0.3, 0.4) is 0 Å². The van der Waals surface area contributed by atoms with Crippen LogP contribution in [0, 0.1) is 24.0 Å². The van der Waals surface area contributed by atoms with E-state index in [0.717, 1.165) is 45.7 Å². The number of carbonyl (C=O) groups is 1. The van der Waals surface area contributed by atoms with Gasteiger partial charge in [0.1, 0.15) is 0 Å². The van der Waals surface area contributed by atoms with Crippen molar-refractivity contribution < 1.29 is 14.5 Å². The lowest BCUT2D eigenvalue weighted by molar-refractivity contribution is -0.384. The Balaban J connectivity index is 1.50. The fraction of sp³-hybridized carbons (Fsp3) is 0.333. The van der Waals surface area contributed by atoms with Crippen LogP contribution in [0.25, 0.3) is 20.3 Å². The molecular weight excluding hydrogens is 472 g/mol. The number of hydrogen-bond donors (Lipinski definition) is 0. The van der Waals surface area contributed by atoms with Gasteiger partial charge < -0.3 is 4.74 Å². The summed E-state index contributed by atoms with van der Waals surface area (Å²) in [7, 11) is 0. The molecule has 176 valence electrons. The number of rotatable bonds is 6. The zero-order valence-corrected chi connectivity index (χ0v) is 20.6. The quantitative estimate of drug-likeness (QED) is 0.275. The molecule has 0 saturated carbocycles. The first-order chi connectivity index (χ1) is 16.4. The number of aromatic nitrogens is 1. The molecule has 1 aliphatic heterocycles. The number of nitro benzene ring substituents is 1. The van der Waals surface area contributed by atoms with Crippen LogP contribution in [-0.4, -0.2) is 60.1 Å². The van der Waals surface area contributed by atoms with Crippen LogP contribution in [0.4, 0.5) is 10.8 Å². The lowest BCUT2D eigenvalue weighted by Gasteiger charge is -2.29. The molecule has 4 aromatic rings. The second-order valence-electron chi connectivity index (χ2n) is 8.43. The first kappa shape index (κ1) is 22.9. The third kappa shape index (κ3) is 4.54. The number of hydrogen-bond acceptors (Lipinski definition) is 8. The Bertz CT molecular complexity index is 1390. The summed E-state index contributed by atoms with van der Waals surface area (Å²) in [6, 6.07) is 10.7. The minimum atomic E-state index is -0.418. The van der Waals surface area contributed by atoms with E-state index >= 15 is 0 Å². The molecule has 0 bridgehead atoms. The third-order valence-corrected chi connectivity index (χ3v) is 8.09. The van der Waals surface area contributed by atoms with Gasteiger partial charge in [0.25, 0.3) is 11.6 Å². The molecule has 0 aliphatic carbocycles. The molecule has 1 fully saturated rings. The van der Waals surface area contributed by atoms with Crippen LogP contribution in [0.15, 0.2) is 36.4 Å². The van der Waals surface area contributed by atoms with Crippen molar-refractivity contribution in [1.82, 2.24) is 9.88 Å². The number of ether oxygens (including phenoxy) is 1. The van der Waals surface area contributed by atoms with Crippen molar-refractivity contribution in [3.63, 3.8) is 0 Å². The van der Waals surface area contributed by atoms with Crippen LogP contribution in [0.5, 0.6) is 0 Å². The fourth-order valence-electron chi connectivity index (χ4n) is 4.21. The number of morpholine rings is 1. The molecule has 2 aromatic carbocycles. The molecule has 5 rings (SSSR count). The minimum absolute atomic E-state index is 0.0190. The summed E-state index contributed by atoms with van der Waals surface area (Å²) >= 11 is 2.87. The van der Waals surface area contributed by atoms with Crippen LogP contribution >= 0.6 is 22.7 Å². The monoisotopic (exact) mass is 496 g/mol. The van der Waals surface area contributed by atoms with Crippen LogP contribution in [0.2, 0.25) is 0 Å². The summed E-state index contributed by atoms with van der Waals surface area (Å²) < 4.78 is 7.36. The molecule has 1 aliphatic rings. The Kier molecular flexibility index (Phi) is 6.30. The van der Waals surface area contributed by atoms with Gasteiger partial charge in [0.05, 0.1) is 33.2 Å². The van der Waals surface area contributed by atoms with E-state index in [4.69, 9.17) is 9.72 Å². The number of fused-ring (bicyclic) bond motifs is 2. The highest BCUT2D eigenvalue weighted by Crippen LogP contribution is 2.35. The highest BCUT2D eigenvalue weighted by atomic mass is 32.1. The largest absolute Gasteiger partial charge is 0.379 e. The van der Waals surface area contributed by atoms with E-state index in [1.54, 1.807) is 17.0 Å². The van der Waals surface area contributed by atoms with E-state index in [-0.39, 0.29) is 11.6 Å². The molecule has 3 heterocycles. The third-order valence-electron chi connectivity index (χ3n) is 5.96. The lowest BCUT2D eigenvalue weighted by Crippen LogP contribution is -2.43. The minimum Gasteiger partial charge on any atom is -0.379 e. The standard InChI is InChI=1S/C24H24N4O4S2/c1-15-11-16(2)22-20(12-15)34-24(25-22)27(6-5-26-7-9-32-10-8-26)23(29)21-14-17-13-18(28(30)31)3-4-19(17)33-21/h3-4,11-14H,5-10H2,1-2H3. The fourth-order valence-corrected chi connectivity index (χ4v) is 6.37. The Morgan fingerprint density at radius 3 is 2.71 bits per heavy atom. The summed E-state index contributed by atoms with van der Waals surface area (Å²) in [6.45, 7) is 8.40. The maximum Gasteiger partial charge on any atom is 0.270 e. The van der Waals surface area contributed by atoms with Gasteiger partial charge in [-0.2, -0.15) is 0 Å². The zero-order valence-electron chi connectivity index (χ0n) is 18.9. The number of non-ortho nitro benzene ring substituents is 1. The van der Waals surface area contributed by atoms with Crippen molar-refractivity contribution in [1.29, 1.82) is 0 Å². The predicted molar refractivity (Wildman–Crippen MR) is 137 cm³/mol. The summed E-state index contributed by atoms with van der Waals surface area (Å²) in [5.41, 5.74) is 3.19. The molecule has 1 saturated heterocycles. The molecule has 0 spiro atoms. The number of amides is 1. The summed E-state index contributed by atoms with van der Waals surface area (Å²) in [5, 5.41) is 12.5. The molecule has 0 unspecified atom stereocenters.